The molecule has 7 heteroatoms. The average Bonchev–Trinajstić information content (AvgIpc) is 2.55. The first-order valence-electron chi connectivity index (χ1n) is 5.54. The lowest BCUT2D eigenvalue weighted by molar-refractivity contribution is -0.119. The molecule has 0 radical (unpaired) electrons. The molecule has 0 aliphatic carbocycles. The van der Waals surface area contributed by atoms with Gasteiger partial charge >= 0.3 is 0 Å². The zero-order chi connectivity index (χ0) is 13.0. The lowest BCUT2D eigenvalue weighted by Gasteiger charge is -2.11. The monoisotopic (exact) mass is 257 g/mol. The first-order chi connectivity index (χ1) is 7.91. The first kappa shape index (κ1) is 13.8. The van der Waals surface area contributed by atoms with E-state index in [0.29, 0.717) is 16.9 Å². The van der Waals surface area contributed by atoms with Gasteiger partial charge in [0.15, 0.2) is 5.16 Å². The number of carbonyl (C=O) groups is 1. The Bertz CT molecular complexity index is 388. The van der Waals surface area contributed by atoms with Crippen molar-refractivity contribution < 1.29 is 4.79 Å². The van der Waals surface area contributed by atoms with Gasteiger partial charge in [0.2, 0.25) is 11.9 Å². The van der Waals surface area contributed by atoms with Crippen LogP contribution in [0.25, 0.3) is 0 Å². The van der Waals surface area contributed by atoms with Crippen LogP contribution in [-0.2, 0) is 4.79 Å². The third-order valence-electron chi connectivity index (χ3n) is 1.99. The van der Waals surface area contributed by atoms with Crippen molar-refractivity contribution in [2.75, 3.05) is 11.5 Å². The number of aromatic nitrogens is 3. The zero-order valence-electron chi connectivity index (χ0n) is 10.6. The van der Waals surface area contributed by atoms with Crippen LogP contribution in [0.1, 0.15) is 33.7 Å². The van der Waals surface area contributed by atoms with Crippen LogP contribution in [0.4, 0.5) is 5.95 Å². The molecule has 0 unspecified atom stereocenters. The summed E-state index contributed by atoms with van der Waals surface area (Å²) >= 11 is 1.34. The highest BCUT2D eigenvalue weighted by atomic mass is 32.2. The molecule has 1 amide bonds. The number of thioether (sulfide) groups is 1. The van der Waals surface area contributed by atoms with Crippen molar-refractivity contribution in [3.8, 4) is 0 Å². The maximum Gasteiger partial charge on any atom is 0.230 e. The van der Waals surface area contributed by atoms with Gasteiger partial charge in [-0.25, -0.2) is 0 Å². The number of hydrogen-bond donors (Lipinski definition) is 2. The van der Waals surface area contributed by atoms with Crippen LogP contribution in [0.15, 0.2) is 5.16 Å². The van der Waals surface area contributed by atoms with Crippen LogP contribution in [0.2, 0.25) is 0 Å². The van der Waals surface area contributed by atoms with E-state index in [0.717, 1.165) is 0 Å². The van der Waals surface area contributed by atoms with Crippen molar-refractivity contribution in [2.45, 2.75) is 44.9 Å². The van der Waals surface area contributed by atoms with Crippen LogP contribution < -0.4 is 11.1 Å². The molecule has 0 spiro atoms. The molecule has 1 rings (SSSR count). The fourth-order valence-electron chi connectivity index (χ4n) is 1.37. The maximum atomic E-state index is 11.5. The number of amides is 1. The highest BCUT2D eigenvalue weighted by Gasteiger charge is 2.14. The fraction of sp³-hybridized carbons (Fsp3) is 0.700. The Morgan fingerprint density at radius 2 is 2.06 bits per heavy atom. The van der Waals surface area contributed by atoms with E-state index < -0.39 is 0 Å². The molecule has 3 N–H and O–H groups in total. The molecule has 1 aromatic rings. The molecule has 0 aliphatic heterocycles. The summed E-state index contributed by atoms with van der Waals surface area (Å²) < 4.78 is 1.81. The van der Waals surface area contributed by atoms with Gasteiger partial charge in [0.05, 0.1) is 5.75 Å². The second-order valence-electron chi connectivity index (χ2n) is 4.32. The lowest BCUT2D eigenvalue weighted by atomic mass is 10.4. The Kier molecular flexibility index (Phi) is 4.80. The second-order valence-corrected chi connectivity index (χ2v) is 5.26. The summed E-state index contributed by atoms with van der Waals surface area (Å²) in [5.74, 6) is 0.692. The Morgan fingerprint density at radius 3 is 2.59 bits per heavy atom. The summed E-state index contributed by atoms with van der Waals surface area (Å²) in [5.41, 5.74) is 5.70. The van der Waals surface area contributed by atoms with Gasteiger partial charge in [-0.2, -0.15) is 0 Å². The molecule has 0 atom stereocenters. The minimum Gasteiger partial charge on any atom is -0.368 e. The number of nitrogens with one attached hydrogen (secondary N) is 1. The van der Waals surface area contributed by atoms with Gasteiger partial charge in [-0.1, -0.05) is 11.8 Å². The van der Waals surface area contributed by atoms with Gasteiger partial charge in [0, 0.05) is 12.1 Å². The predicted octanol–water partition coefficient (Wildman–Crippen LogP) is 1.06. The molecule has 0 aromatic carbocycles. The van der Waals surface area contributed by atoms with E-state index >= 15 is 0 Å². The highest BCUT2D eigenvalue weighted by Crippen LogP contribution is 2.22. The van der Waals surface area contributed by atoms with Crippen molar-refractivity contribution in [1.82, 2.24) is 20.1 Å². The van der Waals surface area contributed by atoms with Crippen LogP contribution in [0.3, 0.4) is 0 Å². The van der Waals surface area contributed by atoms with E-state index in [2.05, 4.69) is 15.5 Å². The molecule has 1 heterocycles. The van der Waals surface area contributed by atoms with Gasteiger partial charge in [0.1, 0.15) is 0 Å². The molecule has 96 valence electrons. The second kappa shape index (κ2) is 5.90. The summed E-state index contributed by atoms with van der Waals surface area (Å²) in [6.45, 7) is 7.85. The van der Waals surface area contributed by atoms with Gasteiger partial charge in [-0.05, 0) is 27.7 Å². The molecule has 0 saturated carbocycles. The average molecular weight is 257 g/mol. The summed E-state index contributed by atoms with van der Waals surface area (Å²) in [6, 6.07) is 0.330. The lowest BCUT2D eigenvalue weighted by Crippen LogP contribution is -2.31. The van der Waals surface area contributed by atoms with E-state index in [1.54, 1.807) is 0 Å². The van der Waals surface area contributed by atoms with Gasteiger partial charge in [0.25, 0.3) is 0 Å². The maximum absolute atomic E-state index is 11.5. The van der Waals surface area contributed by atoms with Gasteiger partial charge in [-0.3, -0.25) is 9.36 Å². The molecule has 0 saturated heterocycles. The minimum atomic E-state index is -0.0122. The van der Waals surface area contributed by atoms with Gasteiger partial charge < -0.3 is 11.1 Å². The van der Waals surface area contributed by atoms with Crippen LogP contribution in [-0.4, -0.2) is 32.5 Å². The van der Waals surface area contributed by atoms with Gasteiger partial charge in [-0.15, -0.1) is 10.2 Å². The third-order valence-corrected chi connectivity index (χ3v) is 2.93. The van der Waals surface area contributed by atoms with E-state index in [1.165, 1.54) is 11.8 Å². The molecule has 17 heavy (non-hydrogen) atoms. The SMILES string of the molecule is CC(C)NC(=O)CSc1nnc(N)n1C(C)C. The summed E-state index contributed by atoms with van der Waals surface area (Å²) in [6.07, 6.45) is 0. The number of anilines is 1. The fourth-order valence-corrected chi connectivity index (χ4v) is 2.25. The number of carbonyl (C=O) groups excluding carboxylic acids is 1. The number of nitrogens with zero attached hydrogens (tertiary/aromatic N) is 3. The zero-order valence-corrected chi connectivity index (χ0v) is 11.4. The predicted molar refractivity (Wildman–Crippen MR) is 68.8 cm³/mol. The van der Waals surface area contributed by atoms with Crippen molar-refractivity contribution >= 4 is 23.6 Å². The van der Waals surface area contributed by atoms with E-state index in [4.69, 9.17) is 5.73 Å². The number of hydrogen-bond acceptors (Lipinski definition) is 5. The Balaban J connectivity index is 2.61. The van der Waals surface area contributed by atoms with E-state index in [-0.39, 0.29) is 18.0 Å². The number of nitrogen functional groups attached to an aromatic ring is 1. The number of rotatable bonds is 5. The summed E-state index contributed by atoms with van der Waals surface area (Å²) in [4.78, 5) is 11.5. The normalized spacial score (nSPS) is 11.2. The molecule has 6 nitrogen and oxygen atoms in total. The summed E-state index contributed by atoms with van der Waals surface area (Å²) in [5, 5.41) is 11.3. The molecular formula is C10H19N5OS. The molecule has 1 aromatic heterocycles. The first-order valence-corrected chi connectivity index (χ1v) is 6.53. The quantitative estimate of drug-likeness (QED) is 0.770. The minimum absolute atomic E-state index is 0.0122. The van der Waals surface area contributed by atoms with E-state index in [9.17, 15) is 4.79 Å². The molecule has 0 bridgehead atoms. The van der Waals surface area contributed by atoms with Crippen LogP contribution in [0, 0.1) is 0 Å². The Labute approximate surface area is 105 Å². The Hall–Kier alpha value is -1.24. The van der Waals surface area contributed by atoms with Crippen LogP contribution >= 0.6 is 11.8 Å². The van der Waals surface area contributed by atoms with Crippen molar-refractivity contribution in [1.29, 1.82) is 0 Å². The third kappa shape index (κ3) is 3.92. The smallest absolute Gasteiger partial charge is 0.230 e. The molecule has 0 aliphatic rings. The standard InChI is InChI=1S/C10H19N5OS/c1-6(2)12-8(16)5-17-10-14-13-9(11)15(10)7(3)4/h6-7H,5H2,1-4H3,(H2,11,13)(H,12,16). The molecule has 0 fully saturated rings. The largest absolute Gasteiger partial charge is 0.368 e. The summed E-state index contributed by atoms with van der Waals surface area (Å²) in [7, 11) is 0. The van der Waals surface area contributed by atoms with Crippen molar-refractivity contribution in [3.05, 3.63) is 0 Å². The van der Waals surface area contributed by atoms with Crippen LogP contribution in [0.5, 0.6) is 0 Å². The topological polar surface area (TPSA) is 85.8 Å². The van der Waals surface area contributed by atoms with Crippen molar-refractivity contribution in [2.24, 2.45) is 0 Å². The van der Waals surface area contributed by atoms with Crippen molar-refractivity contribution in [3.63, 3.8) is 0 Å². The van der Waals surface area contributed by atoms with E-state index in [1.807, 2.05) is 32.3 Å². The number of nitrogens with two attached hydrogens (primary N) is 1. The Morgan fingerprint density at radius 1 is 1.41 bits per heavy atom. The highest BCUT2D eigenvalue weighted by molar-refractivity contribution is 7.99. The molecular weight excluding hydrogens is 238 g/mol.